The van der Waals surface area contributed by atoms with Gasteiger partial charge < -0.3 is 25.8 Å². The zero-order valence-corrected chi connectivity index (χ0v) is 22.2. The molecule has 0 spiro atoms. The Labute approximate surface area is 227 Å². The zero-order chi connectivity index (χ0) is 26.5. The predicted octanol–water partition coefficient (Wildman–Crippen LogP) is 6.04. The van der Waals surface area contributed by atoms with Gasteiger partial charge >= 0.3 is 0 Å². The molecule has 3 N–H and O–H groups in total. The molecule has 4 aromatic rings. The van der Waals surface area contributed by atoms with Crippen molar-refractivity contribution >= 4 is 62.9 Å². The fourth-order valence-electron chi connectivity index (χ4n) is 4.35. The first-order chi connectivity index (χ1) is 18.5. The molecule has 1 aliphatic rings. The summed E-state index contributed by atoms with van der Waals surface area (Å²) < 4.78 is 0. The Hall–Kier alpha value is -4.14. The maximum atomic E-state index is 12.0. The zero-order valence-electron chi connectivity index (χ0n) is 21.4. The van der Waals surface area contributed by atoms with E-state index in [0.29, 0.717) is 22.5 Å². The Morgan fingerprint density at radius 3 is 2.42 bits per heavy atom. The fourth-order valence-corrected chi connectivity index (χ4v) is 4.52. The highest BCUT2D eigenvalue weighted by molar-refractivity contribution is 6.31. The second kappa shape index (κ2) is 11.5. The number of nitrogens with zero attached hydrogens (tertiary/aromatic N) is 4. The van der Waals surface area contributed by atoms with Gasteiger partial charge in [0.15, 0.2) is 0 Å². The summed E-state index contributed by atoms with van der Waals surface area (Å²) in [7, 11) is 2.16. The smallest absolute Gasteiger partial charge is 0.248 e. The number of nitrogens with one attached hydrogen (secondary N) is 3. The lowest BCUT2D eigenvalue weighted by Gasteiger charge is -2.34. The number of aromatic nitrogens is 2. The molecule has 2 heterocycles. The summed E-state index contributed by atoms with van der Waals surface area (Å²) >= 11 is 6.30. The monoisotopic (exact) mass is 527 g/mol. The van der Waals surface area contributed by atoms with Crippen molar-refractivity contribution in [3.05, 3.63) is 83.9 Å². The van der Waals surface area contributed by atoms with E-state index < -0.39 is 0 Å². The Kier molecular flexibility index (Phi) is 7.72. The summed E-state index contributed by atoms with van der Waals surface area (Å²) in [4.78, 5) is 26.2. The number of fused-ring (bicyclic) bond motifs is 1. The van der Waals surface area contributed by atoms with Gasteiger partial charge in [-0.3, -0.25) is 4.79 Å². The van der Waals surface area contributed by atoms with Crippen LogP contribution in [-0.4, -0.2) is 54.0 Å². The molecule has 1 aliphatic heterocycles. The van der Waals surface area contributed by atoms with E-state index in [1.54, 1.807) is 13.0 Å². The van der Waals surface area contributed by atoms with Crippen molar-refractivity contribution in [1.82, 2.24) is 14.9 Å². The molecule has 9 heteroatoms. The highest BCUT2D eigenvalue weighted by Crippen LogP contribution is 2.30. The number of anilines is 6. The normalized spacial score (nSPS) is 14.1. The van der Waals surface area contributed by atoms with Gasteiger partial charge in [-0.25, -0.2) is 4.98 Å². The third-order valence-electron chi connectivity index (χ3n) is 6.36. The SMILES string of the molecule is C/C=C/C(=O)Nc1cccc(Nc2nc(Nc3ccc(N4CCN(C)CC4)cc3)nc3ccc(Cl)cc23)c1. The van der Waals surface area contributed by atoms with Gasteiger partial charge in [0.1, 0.15) is 5.82 Å². The topological polar surface area (TPSA) is 85.4 Å². The van der Waals surface area contributed by atoms with Crippen molar-refractivity contribution in [3.63, 3.8) is 0 Å². The van der Waals surface area contributed by atoms with E-state index in [1.807, 2.05) is 54.6 Å². The summed E-state index contributed by atoms with van der Waals surface area (Å²) in [6.07, 6.45) is 3.18. The van der Waals surface area contributed by atoms with Crippen molar-refractivity contribution in [2.75, 3.05) is 54.1 Å². The minimum absolute atomic E-state index is 0.186. The molecule has 1 saturated heterocycles. The van der Waals surface area contributed by atoms with Crippen LogP contribution >= 0.6 is 11.6 Å². The van der Waals surface area contributed by atoms with Crippen LogP contribution in [0.2, 0.25) is 5.02 Å². The second-order valence-electron chi connectivity index (χ2n) is 9.21. The molecule has 1 fully saturated rings. The Morgan fingerprint density at radius 1 is 0.895 bits per heavy atom. The number of hydrogen-bond acceptors (Lipinski definition) is 7. The molecule has 3 aromatic carbocycles. The molecule has 0 radical (unpaired) electrons. The first kappa shape index (κ1) is 25.5. The van der Waals surface area contributed by atoms with E-state index in [2.05, 4.69) is 44.9 Å². The molecule has 0 saturated carbocycles. The average Bonchev–Trinajstić information content (AvgIpc) is 2.90. The number of likely N-dealkylation sites (N-methyl/N-ethyl adjacent to an activating group) is 1. The van der Waals surface area contributed by atoms with Crippen LogP contribution in [0.3, 0.4) is 0 Å². The molecule has 1 aromatic heterocycles. The van der Waals surface area contributed by atoms with Crippen molar-refractivity contribution in [2.24, 2.45) is 0 Å². The molecule has 0 aliphatic carbocycles. The van der Waals surface area contributed by atoms with Gasteiger partial charge in [-0.05, 0) is 80.7 Å². The van der Waals surface area contributed by atoms with E-state index in [1.165, 1.54) is 11.8 Å². The number of piperazine rings is 1. The van der Waals surface area contributed by atoms with Gasteiger partial charge in [-0.2, -0.15) is 4.98 Å². The van der Waals surface area contributed by atoms with Crippen LogP contribution in [0.1, 0.15) is 6.92 Å². The molecule has 38 heavy (non-hydrogen) atoms. The van der Waals surface area contributed by atoms with Gasteiger partial charge in [0, 0.05) is 59.3 Å². The molecule has 0 bridgehead atoms. The first-order valence-electron chi connectivity index (χ1n) is 12.6. The Balaban J connectivity index is 1.39. The van der Waals surface area contributed by atoms with E-state index in [4.69, 9.17) is 21.6 Å². The number of carbonyl (C=O) groups excluding carboxylic acids is 1. The van der Waals surface area contributed by atoms with Crippen LogP contribution < -0.4 is 20.9 Å². The molecule has 194 valence electrons. The fraction of sp³-hybridized carbons (Fsp3) is 0.207. The summed E-state index contributed by atoms with van der Waals surface area (Å²) in [6.45, 7) is 5.98. The highest BCUT2D eigenvalue weighted by Gasteiger charge is 2.15. The minimum Gasteiger partial charge on any atom is -0.369 e. The maximum Gasteiger partial charge on any atom is 0.248 e. The van der Waals surface area contributed by atoms with Gasteiger partial charge in [-0.15, -0.1) is 0 Å². The summed E-state index contributed by atoms with van der Waals surface area (Å²) in [5.41, 5.74) is 4.30. The lowest BCUT2D eigenvalue weighted by molar-refractivity contribution is -0.111. The van der Waals surface area contributed by atoms with Crippen LogP contribution in [0.5, 0.6) is 0 Å². The Bertz CT molecular complexity index is 1460. The third-order valence-corrected chi connectivity index (χ3v) is 6.60. The van der Waals surface area contributed by atoms with Gasteiger partial charge in [-0.1, -0.05) is 23.7 Å². The van der Waals surface area contributed by atoms with E-state index in [-0.39, 0.29) is 5.91 Å². The summed E-state index contributed by atoms with van der Waals surface area (Å²) in [5, 5.41) is 10.9. The predicted molar refractivity (Wildman–Crippen MR) is 157 cm³/mol. The molecule has 5 rings (SSSR count). The number of allylic oxidation sites excluding steroid dienone is 1. The first-order valence-corrected chi connectivity index (χ1v) is 12.9. The largest absolute Gasteiger partial charge is 0.369 e. The van der Waals surface area contributed by atoms with Crippen molar-refractivity contribution in [2.45, 2.75) is 6.92 Å². The average molecular weight is 528 g/mol. The van der Waals surface area contributed by atoms with Crippen LogP contribution in [-0.2, 0) is 4.79 Å². The van der Waals surface area contributed by atoms with E-state index >= 15 is 0 Å². The summed E-state index contributed by atoms with van der Waals surface area (Å²) in [5.74, 6) is 0.882. The van der Waals surface area contributed by atoms with Crippen molar-refractivity contribution in [1.29, 1.82) is 0 Å². The number of halogens is 1. The number of amides is 1. The molecule has 0 unspecified atom stereocenters. The summed E-state index contributed by atoms with van der Waals surface area (Å²) in [6, 6.07) is 21.3. The lowest BCUT2D eigenvalue weighted by Crippen LogP contribution is -2.44. The van der Waals surface area contributed by atoms with Crippen LogP contribution in [0.4, 0.5) is 34.5 Å². The van der Waals surface area contributed by atoms with Crippen LogP contribution in [0.15, 0.2) is 78.9 Å². The van der Waals surface area contributed by atoms with Crippen LogP contribution in [0, 0.1) is 0 Å². The number of hydrogen-bond donors (Lipinski definition) is 3. The van der Waals surface area contributed by atoms with Gasteiger partial charge in [0.25, 0.3) is 0 Å². The molecule has 8 nitrogen and oxygen atoms in total. The third kappa shape index (κ3) is 6.22. The van der Waals surface area contributed by atoms with E-state index in [0.717, 1.165) is 48.5 Å². The minimum atomic E-state index is -0.186. The number of benzene rings is 3. The van der Waals surface area contributed by atoms with Crippen LogP contribution in [0.25, 0.3) is 10.9 Å². The standard InChI is InChI=1S/C29H30ClN7O/c1-3-5-27(38)31-22-6-4-7-23(19-22)32-28-25-18-20(30)8-13-26(25)34-29(35-28)33-21-9-11-24(12-10-21)37-16-14-36(2)15-17-37/h3-13,18-19H,14-17H2,1-2H3,(H,31,38)(H2,32,33,34,35)/b5-3+. The van der Waals surface area contributed by atoms with Crippen molar-refractivity contribution < 1.29 is 4.79 Å². The second-order valence-corrected chi connectivity index (χ2v) is 9.65. The number of rotatable bonds is 7. The lowest BCUT2D eigenvalue weighted by atomic mass is 10.2. The molecular formula is C29H30ClN7O. The highest BCUT2D eigenvalue weighted by atomic mass is 35.5. The molecule has 1 amide bonds. The van der Waals surface area contributed by atoms with E-state index in [9.17, 15) is 4.79 Å². The van der Waals surface area contributed by atoms with Crippen molar-refractivity contribution in [3.8, 4) is 0 Å². The number of carbonyl (C=O) groups is 1. The quantitative estimate of drug-likeness (QED) is 0.253. The molecule has 0 atom stereocenters. The van der Waals surface area contributed by atoms with Gasteiger partial charge in [0.05, 0.1) is 5.52 Å². The Morgan fingerprint density at radius 2 is 1.66 bits per heavy atom. The maximum absolute atomic E-state index is 12.0. The molecular weight excluding hydrogens is 498 g/mol. The van der Waals surface area contributed by atoms with Gasteiger partial charge in [0.2, 0.25) is 11.9 Å².